The molecule has 0 aromatic heterocycles. The molecule has 0 saturated carbocycles. The van der Waals surface area contributed by atoms with Crippen LogP contribution in [-0.4, -0.2) is 27.5 Å². The monoisotopic (exact) mass is 442 g/mol. The van der Waals surface area contributed by atoms with Gasteiger partial charge in [-0.1, -0.05) is 105 Å². The maximum absolute atomic E-state index is 11.1. The van der Waals surface area contributed by atoms with Gasteiger partial charge in [0.15, 0.2) is 8.32 Å². The van der Waals surface area contributed by atoms with Crippen molar-refractivity contribution in [1.29, 1.82) is 0 Å². The van der Waals surface area contributed by atoms with Crippen LogP contribution in [0, 0.1) is 0 Å². The Balaban J connectivity index is 4.13. The van der Waals surface area contributed by atoms with Gasteiger partial charge in [-0.05, 0) is 37.4 Å². The molecule has 0 saturated heterocycles. The van der Waals surface area contributed by atoms with E-state index in [0.29, 0.717) is 12.5 Å². The van der Waals surface area contributed by atoms with E-state index < -0.39 is 8.32 Å². The van der Waals surface area contributed by atoms with Crippen LogP contribution in [0.25, 0.3) is 0 Å². The zero-order valence-electron chi connectivity index (χ0n) is 21.6. The summed E-state index contributed by atoms with van der Waals surface area (Å²) in [4.78, 5) is 11.1. The quantitative estimate of drug-likeness (QED) is 0.114. The van der Waals surface area contributed by atoms with Crippen molar-refractivity contribution in [2.45, 2.75) is 155 Å². The second-order valence-electron chi connectivity index (χ2n) is 10.6. The minimum absolute atomic E-state index is 0.0758. The second-order valence-corrected chi connectivity index (χ2v) is 15.4. The summed E-state index contributed by atoms with van der Waals surface area (Å²) in [7, 11) is -0.221. The highest BCUT2D eigenvalue weighted by Gasteiger charge is 2.38. The summed E-state index contributed by atoms with van der Waals surface area (Å²) in [5.74, 6) is -0.0758. The van der Waals surface area contributed by atoms with Crippen molar-refractivity contribution in [2.24, 2.45) is 0 Å². The molecule has 1 unspecified atom stereocenters. The molecule has 0 aliphatic heterocycles. The molecule has 0 aromatic rings. The normalized spacial score (nSPS) is 13.4. The highest BCUT2D eigenvalue weighted by Crippen LogP contribution is 2.38. The average molecular weight is 443 g/mol. The number of hydrogen-bond donors (Lipinski definition) is 0. The molecule has 4 heteroatoms. The van der Waals surface area contributed by atoms with Crippen LogP contribution >= 0.6 is 0 Å². The van der Waals surface area contributed by atoms with Gasteiger partial charge in [0.2, 0.25) is 0 Å². The van der Waals surface area contributed by atoms with Crippen LogP contribution in [0.4, 0.5) is 0 Å². The topological polar surface area (TPSA) is 35.5 Å². The molecule has 1 atom stereocenters. The Hall–Kier alpha value is -0.353. The van der Waals surface area contributed by atoms with Gasteiger partial charge >= 0.3 is 5.97 Å². The molecule has 0 aliphatic rings. The van der Waals surface area contributed by atoms with Crippen LogP contribution in [0.2, 0.25) is 18.1 Å². The lowest BCUT2D eigenvalue weighted by Crippen LogP contribution is -2.44. The first-order chi connectivity index (χ1) is 14.1. The maximum atomic E-state index is 11.1. The van der Waals surface area contributed by atoms with Gasteiger partial charge in [0.05, 0.1) is 7.11 Å². The van der Waals surface area contributed by atoms with E-state index in [2.05, 4.69) is 40.8 Å². The van der Waals surface area contributed by atoms with E-state index in [1.165, 1.54) is 90.6 Å². The fourth-order valence-electron chi connectivity index (χ4n) is 3.64. The largest absolute Gasteiger partial charge is 0.469 e. The molecule has 0 spiro atoms. The Morgan fingerprint density at radius 1 is 0.767 bits per heavy atom. The van der Waals surface area contributed by atoms with Crippen molar-refractivity contribution < 1.29 is 14.0 Å². The number of ether oxygens (including phenoxy) is 1. The van der Waals surface area contributed by atoms with Crippen LogP contribution in [-0.2, 0) is 14.0 Å². The Morgan fingerprint density at radius 3 is 1.63 bits per heavy atom. The van der Waals surface area contributed by atoms with Gasteiger partial charge in [-0.2, -0.15) is 0 Å². The Bertz CT molecular complexity index is 415. The van der Waals surface area contributed by atoms with E-state index in [4.69, 9.17) is 9.16 Å². The van der Waals surface area contributed by atoms with Crippen molar-refractivity contribution in [3.63, 3.8) is 0 Å². The Morgan fingerprint density at radius 2 is 1.20 bits per heavy atom. The third kappa shape index (κ3) is 15.4. The number of esters is 1. The number of carbonyl (C=O) groups excluding carboxylic acids is 1. The Labute approximate surface area is 190 Å². The maximum Gasteiger partial charge on any atom is 0.305 e. The number of carbonyl (C=O) groups is 1. The van der Waals surface area contributed by atoms with Crippen LogP contribution < -0.4 is 0 Å². The van der Waals surface area contributed by atoms with Crippen molar-refractivity contribution in [3.8, 4) is 0 Å². The highest BCUT2D eigenvalue weighted by atomic mass is 28.4. The molecule has 0 bridgehead atoms. The van der Waals surface area contributed by atoms with Crippen LogP contribution in [0.5, 0.6) is 0 Å². The lowest BCUT2D eigenvalue weighted by Gasteiger charge is -2.39. The van der Waals surface area contributed by atoms with Crippen LogP contribution in [0.15, 0.2) is 0 Å². The average Bonchev–Trinajstić information content (AvgIpc) is 2.67. The van der Waals surface area contributed by atoms with Crippen molar-refractivity contribution in [1.82, 2.24) is 0 Å². The first-order valence-electron chi connectivity index (χ1n) is 12.9. The summed E-state index contributed by atoms with van der Waals surface area (Å²) in [6.45, 7) is 14.1. The number of hydrogen-bond acceptors (Lipinski definition) is 3. The molecule has 180 valence electrons. The van der Waals surface area contributed by atoms with E-state index in [-0.39, 0.29) is 11.0 Å². The summed E-state index contributed by atoms with van der Waals surface area (Å²) < 4.78 is 11.5. The Kier molecular flexibility index (Phi) is 17.0. The first-order valence-corrected chi connectivity index (χ1v) is 15.8. The van der Waals surface area contributed by atoms with Gasteiger partial charge in [0.1, 0.15) is 0 Å². The summed E-state index contributed by atoms with van der Waals surface area (Å²) >= 11 is 0. The first kappa shape index (κ1) is 29.6. The molecule has 0 heterocycles. The SMILES string of the molecule is CCCCCCCCC(CCCCCCCCCC(=O)OC)O[Si](C)(C)C(C)(C)C. The second kappa shape index (κ2) is 17.2. The molecule has 0 fully saturated rings. The number of rotatable bonds is 19. The number of unbranched alkanes of at least 4 members (excludes halogenated alkanes) is 11. The summed E-state index contributed by atoms with van der Waals surface area (Å²) in [5.41, 5.74) is 0. The standard InChI is InChI=1S/C26H54O3Si/c1-8-9-10-11-15-18-21-24(29-30(6,7)26(2,3)4)22-19-16-13-12-14-17-20-23-25(27)28-5/h24H,8-23H2,1-7H3. The van der Waals surface area contributed by atoms with Gasteiger partial charge in [-0.15, -0.1) is 0 Å². The van der Waals surface area contributed by atoms with Gasteiger partial charge in [0.25, 0.3) is 0 Å². The van der Waals surface area contributed by atoms with Gasteiger partial charge in [0, 0.05) is 12.5 Å². The zero-order valence-corrected chi connectivity index (χ0v) is 22.6. The molecule has 0 amide bonds. The molecule has 0 aliphatic carbocycles. The molecular formula is C26H54O3Si. The molecule has 30 heavy (non-hydrogen) atoms. The predicted molar refractivity (Wildman–Crippen MR) is 134 cm³/mol. The van der Waals surface area contributed by atoms with Gasteiger partial charge in [-0.25, -0.2) is 0 Å². The van der Waals surface area contributed by atoms with Crippen molar-refractivity contribution in [3.05, 3.63) is 0 Å². The van der Waals surface area contributed by atoms with E-state index in [1.54, 1.807) is 0 Å². The summed E-state index contributed by atoms with van der Waals surface area (Å²) in [5, 5.41) is 0.288. The smallest absolute Gasteiger partial charge is 0.305 e. The fraction of sp³-hybridized carbons (Fsp3) is 0.962. The van der Waals surface area contributed by atoms with E-state index in [1.807, 2.05) is 0 Å². The molecule has 0 N–H and O–H groups in total. The molecule has 0 aromatic carbocycles. The van der Waals surface area contributed by atoms with Gasteiger partial charge in [-0.3, -0.25) is 4.79 Å². The summed E-state index contributed by atoms with van der Waals surface area (Å²) in [6.07, 6.45) is 20.2. The molecule has 0 rings (SSSR count). The lowest BCUT2D eigenvalue weighted by molar-refractivity contribution is -0.140. The van der Waals surface area contributed by atoms with Crippen molar-refractivity contribution in [2.75, 3.05) is 7.11 Å². The minimum atomic E-state index is -1.69. The van der Waals surface area contributed by atoms with E-state index >= 15 is 0 Å². The van der Waals surface area contributed by atoms with Crippen LogP contribution in [0.3, 0.4) is 0 Å². The van der Waals surface area contributed by atoms with E-state index in [0.717, 1.165) is 12.8 Å². The third-order valence-electron chi connectivity index (χ3n) is 6.78. The van der Waals surface area contributed by atoms with Gasteiger partial charge < -0.3 is 9.16 Å². The lowest BCUT2D eigenvalue weighted by atomic mass is 10.0. The minimum Gasteiger partial charge on any atom is -0.469 e. The number of methoxy groups -OCH3 is 1. The summed E-state index contributed by atoms with van der Waals surface area (Å²) in [6, 6.07) is 0. The molecular weight excluding hydrogens is 388 g/mol. The molecule has 0 radical (unpaired) electrons. The van der Waals surface area contributed by atoms with E-state index in [9.17, 15) is 4.79 Å². The zero-order chi connectivity index (χ0) is 22.9. The van der Waals surface area contributed by atoms with Crippen molar-refractivity contribution >= 4 is 14.3 Å². The van der Waals surface area contributed by atoms with Crippen LogP contribution in [0.1, 0.15) is 130 Å². The highest BCUT2D eigenvalue weighted by molar-refractivity contribution is 6.74. The predicted octanol–water partition coefficient (Wildman–Crippen LogP) is 8.81. The third-order valence-corrected chi connectivity index (χ3v) is 11.3. The fourth-order valence-corrected chi connectivity index (χ4v) is 5.06. The molecule has 3 nitrogen and oxygen atoms in total.